The van der Waals surface area contributed by atoms with E-state index in [1.165, 1.54) is 0 Å². The van der Waals surface area contributed by atoms with Crippen molar-refractivity contribution in [3.8, 4) is 0 Å². The number of hydrogen-bond donors (Lipinski definition) is 4. The summed E-state index contributed by atoms with van der Waals surface area (Å²) >= 11 is 0. The lowest BCUT2D eigenvalue weighted by Crippen LogP contribution is -2.55. The zero-order chi connectivity index (χ0) is 8.97. The second kappa shape index (κ2) is 4.74. The SMILES string of the molecule is OCCNN1CCCC(O)C1O. The Hall–Kier alpha value is -0.200. The molecule has 1 rings (SSSR count). The fraction of sp³-hybridized carbons (Fsp3) is 1.00. The van der Waals surface area contributed by atoms with Crippen LogP contribution in [-0.2, 0) is 0 Å². The Morgan fingerprint density at radius 1 is 1.42 bits per heavy atom. The van der Waals surface area contributed by atoms with Gasteiger partial charge in [-0.15, -0.1) is 0 Å². The van der Waals surface area contributed by atoms with Gasteiger partial charge in [-0.1, -0.05) is 0 Å². The van der Waals surface area contributed by atoms with Gasteiger partial charge < -0.3 is 15.3 Å². The van der Waals surface area contributed by atoms with Gasteiger partial charge in [0.1, 0.15) is 6.23 Å². The van der Waals surface area contributed by atoms with Gasteiger partial charge in [-0.25, -0.2) is 5.01 Å². The van der Waals surface area contributed by atoms with Crippen LogP contribution in [0.15, 0.2) is 0 Å². The predicted octanol–water partition coefficient (Wildman–Crippen LogP) is -1.74. The van der Waals surface area contributed by atoms with Crippen molar-refractivity contribution >= 4 is 0 Å². The number of rotatable bonds is 3. The van der Waals surface area contributed by atoms with E-state index in [4.69, 9.17) is 5.11 Å². The summed E-state index contributed by atoms with van der Waals surface area (Å²) in [6, 6.07) is 0. The summed E-state index contributed by atoms with van der Waals surface area (Å²) in [7, 11) is 0. The summed E-state index contributed by atoms with van der Waals surface area (Å²) in [4.78, 5) is 0. The molecule has 0 bridgehead atoms. The van der Waals surface area contributed by atoms with Crippen molar-refractivity contribution in [2.75, 3.05) is 19.7 Å². The molecule has 1 aliphatic rings. The molecule has 1 fully saturated rings. The highest BCUT2D eigenvalue weighted by Gasteiger charge is 2.27. The van der Waals surface area contributed by atoms with Gasteiger partial charge in [-0.05, 0) is 12.8 Å². The van der Waals surface area contributed by atoms with Crippen molar-refractivity contribution in [3.05, 3.63) is 0 Å². The van der Waals surface area contributed by atoms with Crippen LogP contribution in [0.4, 0.5) is 0 Å². The van der Waals surface area contributed by atoms with Crippen molar-refractivity contribution in [3.63, 3.8) is 0 Å². The Kier molecular flexibility index (Phi) is 3.90. The van der Waals surface area contributed by atoms with Gasteiger partial charge in [0.2, 0.25) is 0 Å². The summed E-state index contributed by atoms with van der Waals surface area (Å²) in [5, 5.41) is 28.7. The first-order valence-corrected chi connectivity index (χ1v) is 4.23. The summed E-state index contributed by atoms with van der Waals surface area (Å²) < 4.78 is 0. The fourth-order valence-electron chi connectivity index (χ4n) is 1.33. The lowest BCUT2D eigenvalue weighted by atomic mass is 10.1. The first-order chi connectivity index (χ1) is 5.75. The van der Waals surface area contributed by atoms with Gasteiger partial charge in [0.05, 0.1) is 12.7 Å². The molecule has 12 heavy (non-hydrogen) atoms. The number of hydrazine groups is 1. The van der Waals surface area contributed by atoms with E-state index in [9.17, 15) is 10.2 Å². The Labute approximate surface area is 71.6 Å². The maximum absolute atomic E-state index is 9.40. The Balaban J connectivity index is 2.30. The van der Waals surface area contributed by atoms with Crippen LogP contribution in [0.25, 0.3) is 0 Å². The molecule has 5 heteroatoms. The zero-order valence-corrected chi connectivity index (χ0v) is 6.98. The normalized spacial score (nSPS) is 32.2. The number of nitrogens with zero attached hydrogens (tertiary/aromatic N) is 1. The van der Waals surface area contributed by atoms with Crippen molar-refractivity contribution in [2.45, 2.75) is 25.2 Å². The van der Waals surface area contributed by atoms with Crippen molar-refractivity contribution in [1.29, 1.82) is 0 Å². The molecular weight excluding hydrogens is 160 g/mol. The highest BCUT2D eigenvalue weighted by molar-refractivity contribution is 4.73. The van der Waals surface area contributed by atoms with E-state index in [0.29, 0.717) is 19.5 Å². The summed E-state index contributed by atoms with van der Waals surface area (Å²) in [6.07, 6.45) is -0.0231. The van der Waals surface area contributed by atoms with Crippen LogP contribution >= 0.6 is 0 Å². The highest BCUT2D eigenvalue weighted by Crippen LogP contribution is 2.12. The topological polar surface area (TPSA) is 76.0 Å². The highest BCUT2D eigenvalue weighted by atomic mass is 16.3. The quantitative estimate of drug-likeness (QED) is 0.410. The standard InChI is InChI=1S/C7H16N2O3/c10-5-3-8-9-4-1-2-6(11)7(9)12/h6-8,10-12H,1-5H2. The third-order valence-corrected chi connectivity index (χ3v) is 1.99. The molecule has 2 unspecified atom stereocenters. The van der Waals surface area contributed by atoms with Crippen molar-refractivity contribution in [2.24, 2.45) is 0 Å². The summed E-state index contributed by atoms with van der Waals surface area (Å²) in [6.45, 7) is 1.14. The molecule has 1 saturated heterocycles. The van der Waals surface area contributed by atoms with E-state index in [1.807, 2.05) is 0 Å². The van der Waals surface area contributed by atoms with E-state index in [1.54, 1.807) is 5.01 Å². The third-order valence-electron chi connectivity index (χ3n) is 1.99. The number of nitrogens with one attached hydrogen (secondary N) is 1. The molecule has 0 aliphatic carbocycles. The molecule has 0 spiro atoms. The minimum Gasteiger partial charge on any atom is -0.395 e. The molecule has 0 aromatic carbocycles. The second-order valence-electron chi connectivity index (χ2n) is 2.95. The fourth-order valence-corrected chi connectivity index (χ4v) is 1.33. The van der Waals surface area contributed by atoms with Gasteiger partial charge in [-0.2, -0.15) is 0 Å². The maximum Gasteiger partial charge on any atom is 0.145 e. The summed E-state index contributed by atoms with van der Waals surface area (Å²) in [5.41, 5.74) is 2.82. The summed E-state index contributed by atoms with van der Waals surface area (Å²) in [5.74, 6) is 0. The smallest absolute Gasteiger partial charge is 0.145 e. The van der Waals surface area contributed by atoms with E-state index in [-0.39, 0.29) is 6.61 Å². The zero-order valence-electron chi connectivity index (χ0n) is 6.98. The van der Waals surface area contributed by atoms with Gasteiger partial charge in [-0.3, -0.25) is 5.43 Å². The Morgan fingerprint density at radius 2 is 2.17 bits per heavy atom. The van der Waals surface area contributed by atoms with Crippen LogP contribution in [-0.4, -0.2) is 52.4 Å². The average Bonchev–Trinajstić information content (AvgIpc) is 2.08. The maximum atomic E-state index is 9.40. The van der Waals surface area contributed by atoms with Crippen LogP contribution in [0.2, 0.25) is 0 Å². The van der Waals surface area contributed by atoms with E-state index >= 15 is 0 Å². The van der Waals surface area contributed by atoms with E-state index < -0.39 is 12.3 Å². The first-order valence-electron chi connectivity index (χ1n) is 4.23. The largest absolute Gasteiger partial charge is 0.395 e. The monoisotopic (exact) mass is 176 g/mol. The van der Waals surface area contributed by atoms with Crippen molar-refractivity contribution in [1.82, 2.24) is 10.4 Å². The van der Waals surface area contributed by atoms with E-state index in [0.717, 1.165) is 6.42 Å². The lowest BCUT2D eigenvalue weighted by Gasteiger charge is -2.35. The first kappa shape index (κ1) is 9.88. The minimum absolute atomic E-state index is 0.0271. The number of piperidine rings is 1. The third kappa shape index (κ3) is 2.40. The van der Waals surface area contributed by atoms with Gasteiger partial charge in [0.25, 0.3) is 0 Å². The van der Waals surface area contributed by atoms with Crippen LogP contribution in [0.3, 0.4) is 0 Å². The Morgan fingerprint density at radius 3 is 2.83 bits per heavy atom. The minimum atomic E-state index is -0.842. The van der Waals surface area contributed by atoms with Crippen LogP contribution in [0.1, 0.15) is 12.8 Å². The molecule has 1 heterocycles. The molecule has 0 aromatic heterocycles. The lowest BCUT2D eigenvalue weighted by molar-refractivity contribution is -0.130. The second-order valence-corrected chi connectivity index (χ2v) is 2.95. The molecule has 0 saturated carbocycles. The number of aliphatic hydroxyl groups excluding tert-OH is 3. The van der Waals surface area contributed by atoms with Gasteiger partial charge >= 0.3 is 0 Å². The molecule has 0 aromatic rings. The van der Waals surface area contributed by atoms with Crippen LogP contribution < -0.4 is 5.43 Å². The Bertz CT molecular complexity index is 134. The molecule has 1 aliphatic heterocycles. The molecule has 72 valence electrons. The van der Waals surface area contributed by atoms with Crippen LogP contribution in [0, 0.1) is 0 Å². The van der Waals surface area contributed by atoms with Crippen LogP contribution in [0.5, 0.6) is 0 Å². The number of aliphatic hydroxyl groups is 3. The van der Waals surface area contributed by atoms with E-state index in [2.05, 4.69) is 5.43 Å². The molecule has 4 N–H and O–H groups in total. The number of hydrogen-bond acceptors (Lipinski definition) is 5. The molecule has 2 atom stereocenters. The molecule has 5 nitrogen and oxygen atoms in total. The molecule has 0 radical (unpaired) electrons. The molecular formula is C7H16N2O3. The van der Waals surface area contributed by atoms with Gasteiger partial charge in [0.15, 0.2) is 0 Å². The average molecular weight is 176 g/mol. The van der Waals surface area contributed by atoms with Crippen molar-refractivity contribution < 1.29 is 15.3 Å². The van der Waals surface area contributed by atoms with Gasteiger partial charge in [0, 0.05) is 13.1 Å². The predicted molar refractivity (Wildman–Crippen MR) is 43.0 cm³/mol. The molecule has 0 amide bonds.